The molecule has 9 nitrogen and oxygen atoms in total. The van der Waals surface area contributed by atoms with Crippen LogP contribution in [-0.2, 0) is 17.4 Å². The van der Waals surface area contributed by atoms with E-state index >= 15 is 0 Å². The first-order valence-corrected chi connectivity index (χ1v) is 7.02. The van der Waals surface area contributed by atoms with E-state index in [0.29, 0.717) is 4.31 Å². The van der Waals surface area contributed by atoms with Gasteiger partial charge in [-0.2, -0.15) is 17.8 Å². The predicted molar refractivity (Wildman–Crippen MR) is 66.0 cm³/mol. The molecule has 0 amide bonds. The van der Waals surface area contributed by atoms with Gasteiger partial charge < -0.3 is 5.11 Å². The van der Waals surface area contributed by atoms with Crippen LogP contribution in [0.5, 0.6) is 0 Å². The number of hydrogen-bond donors (Lipinski definition) is 2. The van der Waals surface area contributed by atoms with Gasteiger partial charge in [0.25, 0.3) is 0 Å². The molecule has 2 aromatic rings. The molecular formula is C8H8N4O5S2. The number of aromatic nitrogens is 3. The molecule has 2 rings (SSSR count). The van der Waals surface area contributed by atoms with Crippen LogP contribution in [0.3, 0.4) is 0 Å². The summed E-state index contributed by atoms with van der Waals surface area (Å²) >= 11 is 0.763. The molecule has 0 unspecified atom stereocenters. The lowest BCUT2D eigenvalue weighted by Crippen LogP contribution is -2.26. The second kappa shape index (κ2) is 4.60. The Bertz CT molecular complexity index is 719. The van der Waals surface area contributed by atoms with Crippen LogP contribution in [0, 0.1) is 0 Å². The van der Waals surface area contributed by atoms with Crippen molar-refractivity contribution in [3.05, 3.63) is 23.5 Å². The lowest BCUT2D eigenvalue weighted by atomic mass is 10.4. The van der Waals surface area contributed by atoms with Gasteiger partial charge in [-0.3, -0.25) is 9.23 Å². The van der Waals surface area contributed by atoms with Gasteiger partial charge in [0, 0.05) is 19.3 Å². The van der Waals surface area contributed by atoms with Crippen LogP contribution in [0.2, 0.25) is 0 Å². The van der Waals surface area contributed by atoms with Crippen molar-refractivity contribution in [2.24, 2.45) is 7.05 Å². The molecular weight excluding hydrogens is 296 g/mol. The maximum Gasteiger partial charge on any atom is 0.366 e. The molecule has 0 saturated heterocycles. The Morgan fingerprint density at radius 3 is 2.68 bits per heavy atom. The van der Waals surface area contributed by atoms with E-state index in [2.05, 4.69) is 10.1 Å². The van der Waals surface area contributed by atoms with Crippen LogP contribution < -0.4 is 4.31 Å². The number of rotatable bonds is 4. The van der Waals surface area contributed by atoms with Gasteiger partial charge in [-0.1, -0.05) is 0 Å². The fourth-order valence-corrected chi connectivity index (χ4v) is 3.11. The Balaban J connectivity index is 2.63. The van der Waals surface area contributed by atoms with E-state index in [1.54, 1.807) is 7.05 Å². The lowest BCUT2D eigenvalue weighted by molar-refractivity contribution is 0.0692. The molecule has 19 heavy (non-hydrogen) atoms. The molecule has 0 bridgehead atoms. The summed E-state index contributed by atoms with van der Waals surface area (Å²) in [6, 6.07) is 1.32. The second-order valence-corrected chi connectivity index (χ2v) is 5.50. The summed E-state index contributed by atoms with van der Waals surface area (Å²) < 4.78 is 33.9. The van der Waals surface area contributed by atoms with Crippen LogP contribution in [0.4, 0.5) is 10.8 Å². The molecule has 102 valence electrons. The summed E-state index contributed by atoms with van der Waals surface area (Å²) in [6.45, 7) is 0. The number of carbonyl (C=O) groups is 1. The number of carboxylic acid groups (broad SMARTS) is 1. The first kappa shape index (κ1) is 13.5. The van der Waals surface area contributed by atoms with Crippen molar-refractivity contribution in [1.29, 1.82) is 0 Å². The van der Waals surface area contributed by atoms with Crippen molar-refractivity contribution in [3.63, 3.8) is 0 Å². The molecule has 0 spiro atoms. The first-order chi connectivity index (χ1) is 8.80. The molecule has 0 atom stereocenters. The number of thiazole rings is 1. The zero-order valence-corrected chi connectivity index (χ0v) is 11.1. The Kier molecular flexibility index (Phi) is 3.26. The van der Waals surface area contributed by atoms with Crippen molar-refractivity contribution in [2.75, 3.05) is 4.31 Å². The van der Waals surface area contributed by atoms with Crippen molar-refractivity contribution in [1.82, 2.24) is 14.8 Å². The highest BCUT2D eigenvalue weighted by molar-refractivity contribution is 7.87. The zero-order chi connectivity index (χ0) is 14.2. The largest absolute Gasteiger partial charge is 0.476 e. The highest BCUT2D eigenvalue weighted by Crippen LogP contribution is 2.33. The first-order valence-electron chi connectivity index (χ1n) is 4.75. The van der Waals surface area contributed by atoms with Crippen molar-refractivity contribution >= 4 is 38.4 Å². The summed E-state index contributed by atoms with van der Waals surface area (Å²) in [5, 5.41) is 12.5. The Hall–Kier alpha value is -1.98. The normalized spacial score (nSPS) is 11.5. The van der Waals surface area contributed by atoms with E-state index in [1.165, 1.54) is 22.5 Å². The fraction of sp³-hybridized carbons (Fsp3) is 0.125. The third-order valence-corrected chi connectivity index (χ3v) is 3.83. The highest BCUT2D eigenvalue weighted by Gasteiger charge is 2.30. The molecule has 2 N–H and O–H groups in total. The molecule has 2 heterocycles. The van der Waals surface area contributed by atoms with E-state index in [1.807, 2.05) is 0 Å². The number of nitrogens with zero attached hydrogens (tertiary/aromatic N) is 4. The smallest absolute Gasteiger partial charge is 0.366 e. The highest BCUT2D eigenvalue weighted by atomic mass is 32.2. The van der Waals surface area contributed by atoms with Gasteiger partial charge in [0.1, 0.15) is 5.00 Å². The number of aromatic carboxylic acids is 1. The topological polar surface area (TPSA) is 126 Å². The van der Waals surface area contributed by atoms with Crippen molar-refractivity contribution < 1.29 is 22.9 Å². The fourth-order valence-electron chi connectivity index (χ4n) is 1.37. The minimum absolute atomic E-state index is 0.128. The number of anilines is 2. The van der Waals surface area contributed by atoms with Crippen LogP contribution in [0.25, 0.3) is 0 Å². The van der Waals surface area contributed by atoms with E-state index in [-0.39, 0.29) is 10.8 Å². The van der Waals surface area contributed by atoms with Gasteiger partial charge in [0.2, 0.25) is 0 Å². The number of carboxylic acids is 1. The van der Waals surface area contributed by atoms with Crippen LogP contribution in [0.15, 0.2) is 17.8 Å². The van der Waals surface area contributed by atoms with Crippen LogP contribution in [-0.4, -0.2) is 38.8 Å². The molecule has 0 aliphatic carbocycles. The molecule has 0 saturated carbocycles. The van der Waals surface area contributed by atoms with Gasteiger partial charge in [0.15, 0.2) is 11.5 Å². The Morgan fingerprint density at radius 1 is 1.53 bits per heavy atom. The predicted octanol–water partition coefficient (Wildman–Crippen LogP) is 0.516. The van der Waals surface area contributed by atoms with Crippen LogP contribution >= 0.6 is 11.3 Å². The molecule has 11 heteroatoms. The second-order valence-electron chi connectivity index (χ2n) is 3.40. The monoisotopic (exact) mass is 304 g/mol. The van der Waals surface area contributed by atoms with Crippen LogP contribution in [0.1, 0.15) is 10.5 Å². The molecule has 0 aliphatic rings. The molecule has 0 aromatic carbocycles. The standard InChI is InChI=1S/C8H8N4O5S2/c1-11-3-2-5(10-11)12(19(15,16)17)7-6(8(13)14)9-4-18-7/h2-4H,1H3,(H,13,14)(H,15,16,17). The van der Waals surface area contributed by atoms with Gasteiger partial charge >= 0.3 is 16.3 Å². The summed E-state index contributed by atoms with van der Waals surface area (Å²) in [5.41, 5.74) is 0.688. The third kappa shape index (κ3) is 2.57. The molecule has 2 aromatic heterocycles. The summed E-state index contributed by atoms with van der Waals surface area (Å²) in [5.74, 6) is -1.53. The van der Waals surface area contributed by atoms with Gasteiger partial charge in [-0.05, 0) is 0 Å². The minimum Gasteiger partial charge on any atom is -0.476 e. The number of aryl methyl sites for hydroxylation is 1. The third-order valence-electron chi connectivity index (χ3n) is 2.07. The minimum atomic E-state index is -4.72. The zero-order valence-electron chi connectivity index (χ0n) is 9.46. The summed E-state index contributed by atoms with van der Waals surface area (Å²) in [6.07, 6.45) is 1.45. The van der Waals surface area contributed by atoms with E-state index < -0.39 is 22.0 Å². The van der Waals surface area contributed by atoms with Gasteiger partial charge in [-0.15, -0.1) is 11.3 Å². The lowest BCUT2D eigenvalue weighted by Gasteiger charge is -2.16. The quantitative estimate of drug-likeness (QED) is 0.788. The maximum absolute atomic E-state index is 11.4. The Labute approximate surface area is 111 Å². The summed E-state index contributed by atoms with van der Waals surface area (Å²) in [4.78, 5) is 14.5. The Morgan fingerprint density at radius 2 is 2.21 bits per heavy atom. The van der Waals surface area contributed by atoms with E-state index in [9.17, 15) is 17.8 Å². The summed E-state index contributed by atoms with van der Waals surface area (Å²) in [7, 11) is -3.17. The van der Waals surface area contributed by atoms with Gasteiger partial charge in [0.05, 0.1) is 5.51 Å². The van der Waals surface area contributed by atoms with E-state index in [0.717, 1.165) is 11.3 Å². The SMILES string of the molecule is Cn1ccc(N(c2scnc2C(=O)O)S(=O)(=O)O)n1. The molecule has 0 radical (unpaired) electrons. The molecule has 0 fully saturated rings. The van der Waals surface area contributed by atoms with E-state index in [4.69, 9.17) is 5.11 Å². The average molecular weight is 304 g/mol. The maximum atomic E-state index is 11.4. The van der Waals surface area contributed by atoms with Crippen molar-refractivity contribution in [3.8, 4) is 0 Å². The average Bonchev–Trinajstić information content (AvgIpc) is 2.86. The van der Waals surface area contributed by atoms with Gasteiger partial charge in [-0.25, -0.2) is 9.78 Å². The van der Waals surface area contributed by atoms with Crippen molar-refractivity contribution in [2.45, 2.75) is 0 Å². The molecule has 0 aliphatic heterocycles. The number of hydrogen-bond acceptors (Lipinski definition) is 6.